The number of thiophene rings is 1. The Morgan fingerprint density at radius 3 is 2.82 bits per heavy atom. The van der Waals surface area contributed by atoms with Gasteiger partial charge in [0.25, 0.3) is 0 Å². The Hall–Kier alpha value is -0.870. The van der Waals surface area contributed by atoms with Gasteiger partial charge in [-0.3, -0.25) is 4.79 Å². The Bertz CT molecular complexity index is 438. The van der Waals surface area contributed by atoms with Crippen LogP contribution in [0.25, 0.3) is 0 Å². The standard InChI is InChI=1S/C13H18N2OS/c1-2-9-5-6-11(17-9)13-10(14)7-12(16)15(13)8-3-4-8/h5-6,8,10,13H,2-4,7,14H2,1H3. The minimum absolute atomic E-state index is 0.0218. The molecule has 1 saturated heterocycles. The van der Waals surface area contributed by atoms with Crippen molar-refractivity contribution in [1.29, 1.82) is 0 Å². The van der Waals surface area contributed by atoms with E-state index in [9.17, 15) is 4.79 Å². The van der Waals surface area contributed by atoms with Gasteiger partial charge in [-0.15, -0.1) is 11.3 Å². The summed E-state index contributed by atoms with van der Waals surface area (Å²) in [5.41, 5.74) is 6.15. The van der Waals surface area contributed by atoms with Crippen LogP contribution in [0.5, 0.6) is 0 Å². The van der Waals surface area contributed by atoms with E-state index in [1.165, 1.54) is 9.75 Å². The van der Waals surface area contributed by atoms with E-state index in [0.29, 0.717) is 12.5 Å². The molecule has 2 heterocycles. The zero-order chi connectivity index (χ0) is 12.0. The van der Waals surface area contributed by atoms with E-state index < -0.39 is 0 Å². The largest absolute Gasteiger partial charge is 0.330 e. The molecular formula is C13H18N2OS. The molecule has 1 aromatic rings. The van der Waals surface area contributed by atoms with E-state index in [0.717, 1.165) is 19.3 Å². The van der Waals surface area contributed by atoms with Gasteiger partial charge in [-0.1, -0.05) is 6.92 Å². The number of hydrogen-bond acceptors (Lipinski definition) is 3. The Morgan fingerprint density at radius 1 is 1.47 bits per heavy atom. The number of carbonyl (C=O) groups excluding carboxylic acids is 1. The van der Waals surface area contributed by atoms with Gasteiger partial charge in [0.2, 0.25) is 5.91 Å². The van der Waals surface area contributed by atoms with Crippen molar-refractivity contribution in [3.63, 3.8) is 0 Å². The first-order valence-corrected chi connectivity index (χ1v) is 7.17. The maximum atomic E-state index is 12.0. The van der Waals surface area contributed by atoms with E-state index in [1.807, 2.05) is 11.3 Å². The first-order valence-electron chi connectivity index (χ1n) is 6.36. The summed E-state index contributed by atoms with van der Waals surface area (Å²) in [4.78, 5) is 16.7. The number of carbonyl (C=O) groups is 1. The molecule has 1 amide bonds. The lowest BCUT2D eigenvalue weighted by Gasteiger charge is -2.25. The normalized spacial score (nSPS) is 29.1. The van der Waals surface area contributed by atoms with Gasteiger partial charge in [-0.2, -0.15) is 0 Å². The quantitative estimate of drug-likeness (QED) is 0.892. The van der Waals surface area contributed by atoms with Crippen molar-refractivity contribution >= 4 is 17.2 Å². The molecule has 1 aliphatic heterocycles. The van der Waals surface area contributed by atoms with E-state index >= 15 is 0 Å². The van der Waals surface area contributed by atoms with Crippen LogP contribution in [0.1, 0.15) is 42.0 Å². The molecule has 2 atom stereocenters. The van der Waals surface area contributed by atoms with Crippen molar-refractivity contribution in [2.24, 2.45) is 5.73 Å². The summed E-state index contributed by atoms with van der Waals surface area (Å²) in [6.07, 6.45) is 3.88. The van der Waals surface area contributed by atoms with Crippen molar-refractivity contribution in [1.82, 2.24) is 4.90 Å². The van der Waals surface area contributed by atoms with Crippen LogP contribution in [0.3, 0.4) is 0 Å². The Balaban J connectivity index is 1.90. The molecule has 17 heavy (non-hydrogen) atoms. The van der Waals surface area contributed by atoms with Crippen LogP contribution in [-0.2, 0) is 11.2 Å². The minimum atomic E-state index is -0.0218. The van der Waals surface area contributed by atoms with Crippen LogP contribution in [-0.4, -0.2) is 22.9 Å². The molecule has 2 N–H and O–H groups in total. The van der Waals surface area contributed by atoms with Crippen molar-refractivity contribution in [2.75, 3.05) is 0 Å². The molecule has 0 aromatic carbocycles. The SMILES string of the molecule is CCc1ccc(C2C(N)CC(=O)N2C2CC2)s1. The molecule has 1 aliphatic carbocycles. The van der Waals surface area contributed by atoms with Crippen molar-refractivity contribution in [2.45, 2.75) is 50.7 Å². The lowest BCUT2D eigenvalue weighted by molar-refractivity contribution is -0.129. The molecule has 92 valence electrons. The fourth-order valence-electron chi connectivity index (χ4n) is 2.66. The molecule has 2 aliphatic rings. The first kappa shape index (κ1) is 11.2. The fraction of sp³-hybridized carbons (Fsp3) is 0.615. The second-order valence-corrected chi connectivity index (χ2v) is 6.20. The zero-order valence-electron chi connectivity index (χ0n) is 10.1. The molecular weight excluding hydrogens is 232 g/mol. The van der Waals surface area contributed by atoms with Crippen LogP contribution < -0.4 is 5.73 Å². The van der Waals surface area contributed by atoms with Gasteiger partial charge >= 0.3 is 0 Å². The third-order valence-corrected chi connectivity index (χ3v) is 4.97. The molecule has 1 saturated carbocycles. The summed E-state index contributed by atoms with van der Waals surface area (Å²) in [6, 6.07) is 4.91. The molecule has 0 bridgehead atoms. The van der Waals surface area contributed by atoms with Gasteiger partial charge < -0.3 is 10.6 Å². The summed E-state index contributed by atoms with van der Waals surface area (Å²) < 4.78 is 0. The lowest BCUT2D eigenvalue weighted by Crippen LogP contribution is -2.34. The average molecular weight is 250 g/mol. The third-order valence-electron chi connectivity index (χ3n) is 3.67. The van der Waals surface area contributed by atoms with Gasteiger partial charge in [0.1, 0.15) is 0 Å². The van der Waals surface area contributed by atoms with E-state index in [2.05, 4.69) is 24.0 Å². The molecule has 1 aromatic heterocycles. The third kappa shape index (κ3) is 1.89. The van der Waals surface area contributed by atoms with Crippen LogP contribution in [0.4, 0.5) is 0 Å². The maximum Gasteiger partial charge on any atom is 0.225 e. The minimum Gasteiger partial charge on any atom is -0.330 e. The molecule has 4 heteroatoms. The molecule has 3 rings (SSSR count). The number of likely N-dealkylation sites (tertiary alicyclic amines) is 1. The average Bonchev–Trinajstić information content (AvgIpc) is 2.94. The summed E-state index contributed by atoms with van der Waals surface area (Å²) in [5, 5.41) is 0. The van der Waals surface area contributed by atoms with Crippen molar-refractivity contribution < 1.29 is 4.79 Å². The Morgan fingerprint density at radius 2 is 2.24 bits per heavy atom. The highest BCUT2D eigenvalue weighted by Crippen LogP contribution is 2.42. The second-order valence-electron chi connectivity index (χ2n) is 5.00. The number of aryl methyl sites for hydroxylation is 1. The van der Waals surface area contributed by atoms with Crippen LogP contribution >= 0.6 is 11.3 Å². The molecule has 2 fully saturated rings. The topological polar surface area (TPSA) is 46.3 Å². The van der Waals surface area contributed by atoms with E-state index in [-0.39, 0.29) is 18.0 Å². The number of hydrogen-bond donors (Lipinski definition) is 1. The highest BCUT2D eigenvalue weighted by atomic mass is 32.1. The van der Waals surface area contributed by atoms with Gasteiger partial charge in [-0.25, -0.2) is 0 Å². The molecule has 0 spiro atoms. The van der Waals surface area contributed by atoms with Gasteiger partial charge in [0.15, 0.2) is 0 Å². The molecule has 2 unspecified atom stereocenters. The molecule has 0 radical (unpaired) electrons. The fourth-order valence-corrected chi connectivity index (χ4v) is 3.78. The second kappa shape index (κ2) is 4.10. The summed E-state index contributed by atoms with van der Waals surface area (Å²) >= 11 is 1.81. The van der Waals surface area contributed by atoms with Gasteiger partial charge in [-0.05, 0) is 31.4 Å². The predicted octanol–water partition coefficient (Wildman–Crippen LogP) is 2.07. The number of nitrogens with two attached hydrogens (primary N) is 1. The van der Waals surface area contributed by atoms with Gasteiger partial charge in [0.05, 0.1) is 6.04 Å². The number of amides is 1. The van der Waals surface area contributed by atoms with Crippen LogP contribution in [0, 0.1) is 0 Å². The highest BCUT2D eigenvalue weighted by Gasteiger charge is 2.46. The van der Waals surface area contributed by atoms with Crippen LogP contribution in [0.15, 0.2) is 12.1 Å². The zero-order valence-corrected chi connectivity index (χ0v) is 10.9. The highest BCUT2D eigenvalue weighted by molar-refractivity contribution is 7.12. The Labute approximate surface area is 106 Å². The van der Waals surface area contributed by atoms with E-state index in [4.69, 9.17) is 5.73 Å². The van der Waals surface area contributed by atoms with Crippen LogP contribution in [0.2, 0.25) is 0 Å². The number of nitrogens with zero attached hydrogens (tertiary/aromatic N) is 1. The summed E-state index contributed by atoms with van der Waals surface area (Å²) in [6.45, 7) is 2.16. The smallest absolute Gasteiger partial charge is 0.225 e. The first-order chi connectivity index (χ1) is 8.20. The Kier molecular flexibility index (Phi) is 2.71. The number of rotatable bonds is 3. The molecule has 3 nitrogen and oxygen atoms in total. The maximum absolute atomic E-state index is 12.0. The van der Waals surface area contributed by atoms with E-state index in [1.54, 1.807) is 0 Å². The predicted molar refractivity (Wildman–Crippen MR) is 68.9 cm³/mol. The van der Waals surface area contributed by atoms with Gasteiger partial charge in [0, 0.05) is 28.3 Å². The van der Waals surface area contributed by atoms with Crippen molar-refractivity contribution in [3.8, 4) is 0 Å². The monoisotopic (exact) mass is 250 g/mol. The van der Waals surface area contributed by atoms with Crippen molar-refractivity contribution in [3.05, 3.63) is 21.9 Å². The summed E-state index contributed by atoms with van der Waals surface area (Å²) in [7, 11) is 0. The lowest BCUT2D eigenvalue weighted by atomic mass is 10.1. The summed E-state index contributed by atoms with van der Waals surface area (Å²) in [5.74, 6) is 0.247.